The Morgan fingerprint density at radius 2 is 2.09 bits per heavy atom. The van der Waals surface area contributed by atoms with Gasteiger partial charge in [-0.05, 0) is 18.6 Å². The fourth-order valence-corrected chi connectivity index (χ4v) is 0.954. The zero-order valence-corrected chi connectivity index (χ0v) is 7.00. The van der Waals surface area contributed by atoms with Gasteiger partial charge in [0.15, 0.2) is 0 Å². The summed E-state index contributed by atoms with van der Waals surface area (Å²) in [6.07, 6.45) is 0.984. The van der Waals surface area contributed by atoms with Crippen LogP contribution in [-0.2, 0) is 17.8 Å². The lowest BCUT2D eigenvalue weighted by Crippen LogP contribution is -1.94. The molecule has 2 nitrogen and oxygen atoms in total. The van der Waals surface area contributed by atoms with E-state index in [1.54, 1.807) is 7.11 Å². The molecule has 0 atom stereocenters. The van der Waals surface area contributed by atoms with Crippen LogP contribution in [0.5, 0.6) is 0 Å². The Balaban J connectivity index is 2.74. The minimum Gasteiger partial charge on any atom is -0.378 e. The summed E-state index contributed by atoms with van der Waals surface area (Å²) >= 11 is 0. The third kappa shape index (κ3) is 2.31. The monoisotopic (exact) mass is 151 g/mol. The van der Waals surface area contributed by atoms with Gasteiger partial charge in [-0.1, -0.05) is 13.0 Å². The van der Waals surface area contributed by atoms with Gasteiger partial charge in [-0.3, -0.25) is 4.98 Å². The maximum atomic E-state index is 4.96. The first-order valence-corrected chi connectivity index (χ1v) is 3.80. The van der Waals surface area contributed by atoms with E-state index in [0.717, 1.165) is 17.8 Å². The summed E-state index contributed by atoms with van der Waals surface area (Å²) in [5, 5.41) is 0. The van der Waals surface area contributed by atoms with Gasteiger partial charge in [0.1, 0.15) is 0 Å². The van der Waals surface area contributed by atoms with Gasteiger partial charge in [-0.2, -0.15) is 0 Å². The Kier molecular flexibility index (Phi) is 3.05. The highest BCUT2D eigenvalue weighted by molar-refractivity contribution is 5.10. The van der Waals surface area contributed by atoms with Crippen LogP contribution in [0.25, 0.3) is 0 Å². The number of nitrogens with zero attached hydrogens (tertiary/aromatic N) is 1. The fraction of sp³-hybridized carbons (Fsp3) is 0.444. The molecule has 0 saturated heterocycles. The topological polar surface area (TPSA) is 22.1 Å². The standard InChI is InChI=1S/C9H13NO/c1-3-8-5-4-6-9(10-8)7-11-2/h4-6H,3,7H2,1-2H3. The highest BCUT2D eigenvalue weighted by Gasteiger charge is 1.93. The van der Waals surface area contributed by atoms with E-state index in [-0.39, 0.29) is 0 Å². The highest BCUT2D eigenvalue weighted by Crippen LogP contribution is 2.00. The Bertz CT molecular complexity index is 223. The molecular weight excluding hydrogens is 138 g/mol. The molecule has 0 aromatic carbocycles. The van der Waals surface area contributed by atoms with Crippen LogP contribution in [0.4, 0.5) is 0 Å². The summed E-state index contributed by atoms with van der Waals surface area (Å²) in [5.74, 6) is 0. The van der Waals surface area contributed by atoms with Gasteiger partial charge in [-0.15, -0.1) is 0 Å². The maximum absolute atomic E-state index is 4.96. The predicted molar refractivity (Wildman–Crippen MR) is 44.3 cm³/mol. The number of rotatable bonds is 3. The molecule has 1 aromatic heterocycles. The van der Waals surface area contributed by atoms with Crippen molar-refractivity contribution in [2.45, 2.75) is 20.0 Å². The number of hydrogen-bond donors (Lipinski definition) is 0. The van der Waals surface area contributed by atoms with Crippen molar-refractivity contribution < 1.29 is 4.74 Å². The third-order valence-corrected chi connectivity index (χ3v) is 1.52. The molecule has 0 radical (unpaired) electrons. The molecule has 0 saturated carbocycles. The van der Waals surface area contributed by atoms with Crippen molar-refractivity contribution in [3.63, 3.8) is 0 Å². The molecule has 0 aliphatic heterocycles. The van der Waals surface area contributed by atoms with Crippen LogP contribution < -0.4 is 0 Å². The van der Waals surface area contributed by atoms with E-state index < -0.39 is 0 Å². The summed E-state index contributed by atoms with van der Waals surface area (Å²) in [6, 6.07) is 6.02. The van der Waals surface area contributed by atoms with Gasteiger partial charge in [0.05, 0.1) is 12.3 Å². The summed E-state index contributed by atoms with van der Waals surface area (Å²) in [6.45, 7) is 2.70. The van der Waals surface area contributed by atoms with Gasteiger partial charge >= 0.3 is 0 Å². The van der Waals surface area contributed by atoms with Crippen molar-refractivity contribution in [3.8, 4) is 0 Å². The average Bonchev–Trinajstić information content (AvgIpc) is 2.06. The number of pyridine rings is 1. The van der Waals surface area contributed by atoms with Crippen molar-refractivity contribution >= 4 is 0 Å². The summed E-state index contributed by atoms with van der Waals surface area (Å²) < 4.78 is 4.96. The van der Waals surface area contributed by atoms with E-state index in [4.69, 9.17) is 4.74 Å². The van der Waals surface area contributed by atoms with Crippen molar-refractivity contribution in [1.82, 2.24) is 4.98 Å². The molecular formula is C9H13NO. The summed E-state index contributed by atoms with van der Waals surface area (Å²) in [4.78, 5) is 4.36. The molecule has 11 heavy (non-hydrogen) atoms. The Morgan fingerprint density at radius 1 is 1.36 bits per heavy atom. The number of ether oxygens (including phenoxy) is 1. The second-order valence-corrected chi connectivity index (χ2v) is 2.41. The lowest BCUT2D eigenvalue weighted by molar-refractivity contribution is 0.181. The SMILES string of the molecule is CCc1cccc(COC)n1. The molecule has 0 bridgehead atoms. The second kappa shape index (κ2) is 4.09. The van der Waals surface area contributed by atoms with Crippen LogP contribution in [0.1, 0.15) is 18.3 Å². The quantitative estimate of drug-likeness (QED) is 0.657. The molecule has 0 aliphatic carbocycles. The summed E-state index contributed by atoms with van der Waals surface area (Å²) in [5.41, 5.74) is 2.13. The van der Waals surface area contributed by atoms with E-state index in [2.05, 4.69) is 11.9 Å². The zero-order valence-electron chi connectivity index (χ0n) is 7.00. The van der Waals surface area contributed by atoms with E-state index >= 15 is 0 Å². The molecule has 0 fully saturated rings. The van der Waals surface area contributed by atoms with Crippen LogP contribution in [0.2, 0.25) is 0 Å². The molecule has 0 aliphatic rings. The fourth-order valence-electron chi connectivity index (χ4n) is 0.954. The van der Waals surface area contributed by atoms with E-state index in [0.29, 0.717) is 6.61 Å². The van der Waals surface area contributed by atoms with Crippen molar-refractivity contribution in [1.29, 1.82) is 0 Å². The normalized spacial score (nSPS) is 10.0. The van der Waals surface area contributed by atoms with Crippen molar-refractivity contribution in [2.24, 2.45) is 0 Å². The molecule has 0 amide bonds. The second-order valence-electron chi connectivity index (χ2n) is 2.41. The lowest BCUT2D eigenvalue weighted by Gasteiger charge is -2.00. The molecule has 0 spiro atoms. The number of methoxy groups -OCH3 is 1. The van der Waals surface area contributed by atoms with E-state index in [1.165, 1.54) is 0 Å². The van der Waals surface area contributed by atoms with Crippen LogP contribution in [-0.4, -0.2) is 12.1 Å². The smallest absolute Gasteiger partial charge is 0.0884 e. The average molecular weight is 151 g/mol. The molecule has 1 heterocycles. The minimum atomic E-state index is 0.605. The third-order valence-electron chi connectivity index (χ3n) is 1.52. The minimum absolute atomic E-state index is 0.605. The first-order chi connectivity index (χ1) is 5.36. The zero-order chi connectivity index (χ0) is 8.10. The molecule has 1 rings (SSSR count). The van der Waals surface area contributed by atoms with E-state index in [9.17, 15) is 0 Å². The molecule has 60 valence electrons. The Morgan fingerprint density at radius 3 is 2.73 bits per heavy atom. The predicted octanol–water partition coefficient (Wildman–Crippen LogP) is 1.79. The van der Waals surface area contributed by atoms with Crippen LogP contribution in [0.15, 0.2) is 18.2 Å². The first-order valence-electron chi connectivity index (χ1n) is 3.80. The maximum Gasteiger partial charge on any atom is 0.0884 e. The van der Waals surface area contributed by atoms with Crippen molar-refractivity contribution in [2.75, 3.05) is 7.11 Å². The van der Waals surface area contributed by atoms with Gasteiger partial charge in [0.25, 0.3) is 0 Å². The van der Waals surface area contributed by atoms with Gasteiger partial charge in [0, 0.05) is 12.8 Å². The van der Waals surface area contributed by atoms with Crippen LogP contribution in [0, 0.1) is 0 Å². The summed E-state index contributed by atoms with van der Waals surface area (Å²) in [7, 11) is 1.68. The number of hydrogen-bond acceptors (Lipinski definition) is 2. The Labute approximate surface area is 67.2 Å². The first kappa shape index (κ1) is 8.21. The van der Waals surface area contributed by atoms with Crippen LogP contribution in [0.3, 0.4) is 0 Å². The number of aryl methyl sites for hydroxylation is 1. The number of aromatic nitrogens is 1. The van der Waals surface area contributed by atoms with Crippen molar-refractivity contribution in [3.05, 3.63) is 29.6 Å². The largest absolute Gasteiger partial charge is 0.378 e. The van der Waals surface area contributed by atoms with E-state index in [1.807, 2.05) is 18.2 Å². The van der Waals surface area contributed by atoms with Crippen LogP contribution >= 0.6 is 0 Å². The Hall–Kier alpha value is -0.890. The lowest BCUT2D eigenvalue weighted by atomic mass is 10.2. The van der Waals surface area contributed by atoms with Gasteiger partial charge < -0.3 is 4.74 Å². The van der Waals surface area contributed by atoms with Gasteiger partial charge in [0.2, 0.25) is 0 Å². The molecule has 0 N–H and O–H groups in total. The molecule has 0 unspecified atom stereocenters. The van der Waals surface area contributed by atoms with Gasteiger partial charge in [-0.25, -0.2) is 0 Å². The molecule has 2 heteroatoms. The highest BCUT2D eigenvalue weighted by atomic mass is 16.5. The molecule has 1 aromatic rings.